The predicted molar refractivity (Wildman–Crippen MR) is 109 cm³/mol. The van der Waals surface area contributed by atoms with Gasteiger partial charge in [-0.15, -0.1) is 0 Å². The molecule has 1 aliphatic heterocycles. The van der Waals surface area contributed by atoms with Crippen molar-refractivity contribution >= 4 is 28.4 Å². The van der Waals surface area contributed by atoms with Gasteiger partial charge in [-0.25, -0.2) is 0 Å². The number of anilines is 1. The molecule has 4 rings (SSSR count). The molecule has 1 aliphatic rings. The minimum absolute atomic E-state index is 0.0164. The van der Waals surface area contributed by atoms with Crippen LogP contribution in [0.5, 0.6) is 5.75 Å². The quantitative estimate of drug-likeness (QED) is 0.704. The van der Waals surface area contributed by atoms with Crippen LogP contribution in [-0.4, -0.2) is 41.4 Å². The van der Waals surface area contributed by atoms with E-state index in [1.165, 1.54) is 0 Å². The van der Waals surface area contributed by atoms with Gasteiger partial charge < -0.3 is 19.9 Å². The number of aromatic amines is 1. The first-order valence-electron chi connectivity index (χ1n) is 9.60. The summed E-state index contributed by atoms with van der Waals surface area (Å²) in [4.78, 5) is 30.2. The van der Waals surface area contributed by atoms with Crippen LogP contribution >= 0.6 is 0 Å². The Hall–Kier alpha value is -3.28. The van der Waals surface area contributed by atoms with Gasteiger partial charge in [0.1, 0.15) is 11.4 Å². The van der Waals surface area contributed by atoms with Gasteiger partial charge in [0.05, 0.1) is 6.61 Å². The van der Waals surface area contributed by atoms with Gasteiger partial charge in [-0.2, -0.15) is 0 Å². The minimum atomic E-state index is -0.250. The van der Waals surface area contributed by atoms with Gasteiger partial charge in [-0.1, -0.05) is 6.07 Å². The second kappa shape index (κ2) is 7.76. The smallest absolute Gasteiger partial charge is 0.272 e. The van der Waals surface area contributed by atoms with Crippen LogP contribution in [0.25, 0.3) is 10.9 Å². The summed E-state index contributed by atoms with van der Waals surface area (Å²) in [6.45, 7) is 4.12. The third kappa shape index (κ3) is 3.71. The number of carbonyl (C=O) groups excluding carboxylic acids is 2. The molecule has 0 radical (unpaired) electrons. The zero-order chi connectivity index (χ0) is 19.5. The molecule has 1 aromatic heterocycles. The highest BCUT2D eigenvalue weighted by molar-refractivity contribution is 6.06. The molecule has 0 unspecified atom stereocenters. The van der Waals surface area contributed by atoms with Crippen molar-refractivity contribution in [2.45, 2.75) is 19.8 Å². The Kier molecular flexibility index (Phi) is 5.02. The summed E-state index contributed by atoms with van der Waals surface area (Å²) in [5.74, 6) is 0.527. The standard InChI is InChI=1S/C22H23N3O3/c1-2-28-18-9-8-15-13-20(24-19(15)14-18)21(26)23-17-7-5-6-16(12-17)22(27)25-10-3-4-11-25/h5-9,12-14,24H,2-4,10-11H2,1H3,(H,23,26). The summed E-state index contributed by atoms with van der Waals surface area (Å²) in [6, 6.07) is 14.6. The van der Waals surface area contributed by atoms with E-state index in [2.05, 4.69) is 10.3 Å². The van der Waals surface area contributed by atoms with E-state index < -0.39 is 0 Å². The highest BCUT2D eigenvalue weighted by atomic mass is 16.5. The van der Waals surface area contributed by atoms with Crippen LogP contribution in [0.15, 0.2) is 48.5 Å². The van der Waals surface area contributed by atoms with E-state index in [9.17, 15) is 9.59 Å². The van der Waals surface area contributed by atoms with Crippen LogP contribution < -0.4 is 10.1 Å². The fourth-order valence-electron chi connectivity index (χ4n) is 3.52. The van der Waals surface area contributed by atoms with Crippen LogP contribution in [0.1, 0.15) is 40.6 Å². The Morgan fingerprint density at radius 1 is 1.11 bits per heavy atom. The molecule has 0 saturated carbocycles. The zero-order valence-corrected chi connectivity index (χ0v) is 15.8. The second-order valence-corrected chi connectivity index (χ2v) is 6.90. The maximum atomic E-state index is 12.7. The van der Waals surface area contributed by atoms with Gasteiger partial charge in [0.2, 0.25) is 0 Å². The largest absolute Gasteiger partial charge is 0.494 e. The number of hydrogen-bond donors (Lipinski definition) is 2. The molecule has 6 nitrogen and oxygen atoms in total. The van der Waals surface area contributed by atoms with Gasteiger partial charge in [-0.3, -0.25) is 9.59 Å². The summed E-state index contributed by atoms with van der Waals surface area (Å²) in [5.41, 5.74) is 2.50. The molecular formula is C22H23N3O3. The number of nitrogens with one attached hydrogen (secondary N) is 2. The highest BCUT2D eigenvalue weighted by Crippen LogP contribution is 2.22. The minimum Gasteiger partial charge on any atom is -0.494 e. The molecule has 28 heavy (non-hydrogen) atoms. The number of benzene rings is 2. The monoisotopic (exact) mass is 377 g/mol. The predicted octanol–water partition coefficient (Wildman–Crippen LogP) is 4.05. The van der Waals surface area contributed by atoms with Crippen molar-refractivity contribution in [2.24, 2.45) is 0 Å². The molecule has 1 fully saturated rings. The molecule has 144 valence electrons. The Balaban J connectivity index is 1.51. The van der Waals surface area contributed by atoms with Crippen molar-refractivity contribution < 1.29 is 14.3 Å². The molecule has 2 N–H and O–H groups in total. The fraction of sp³-hybridized carbons (Fsp3) is 0.273. The van der Waals surface area contributed by atoms with Crippen molar-refractivity contribution in [2.75, 3.05) is 25.0 Å². The summed E-state index contributed by atoms with van der Waals surface area (Å²) in [7, 11) is 0. The molecule has 3 aromatic rings. The summed E-state index contributed by atoms with van der Waals surface area (Å²) in [6.07, 6.45) is 2.10. The van der Waals surface area contributed by atoms with E-state index >= 15 is 0 Å². The van der Waals surface area contributed by atoms with Crippen LogP contribution in [-0.2, 0) is 0 Å². The topological polar surface area (TPSA) is 74.4 Å². The normalized spacial score (nSPS) is 13.7. The number of aromatic nitrogens is 1. The molecule has 0 aliphatic carbocycles. The average molecular weight is 377 g/mol. The maximum absolute atomic E-state index is 12.7. The van der Waals surface area contributed by atoms with E-state index in [1.807, 2.05) is 30.0 Å². The molecule has 2 amide bonds. The van der Waals surface area contributed by atoms with Crippen LogP contribution in [0.4, 0.5) is 5.69 Å². The third-order valence-electron chi connectivity index (χ3n) is 4.91. The first kappa shape index (κ1) is 18.1. The Morgan fingerprint density at radius 3 is 2.71 bits per heavy atom. The number of carbonyl (C=O) groups is 2. The lowest BCUT2D eigenvalue weighted by molar-refractivity contribution is 0.0792. The lowest BCUT2D eigenvalue weighted by Gasteiger charge is -2.15. The van der Waals surface area contributed by atoms with Gasteiger partial charge in [0.25, 0.3) is 11.8 Å². The van der Waals surface area contributed by atoms with E-state index in [4.69, 9.17) is 4.74 Å². The summed E-state index contributed by atoms with van der Waals surface area (Å²) < 4.78 is 5.50. The number of H-pyrrole nitrogens is 1. The molecule has 0 bridgehead atoms. The average Bonchev–Trinajstić information content (AvgIpc) is 3.37. The molecule has 0 atom stereocenters. The zero-order valence-electron chi connectivity index (χ0n) is 15.8. The van der Waals surface area contributed by atoms with Gasteiger partial charge in [-0.05, 0) is 56.2 Å². The summed E-state index contributed by atoms with van der Waals surface area (Å²) >= 11 is 0. The Labute approximate surface area is 163 Å². The molecule has 0 spiro atoms. The van der Waals surface area contributed by atoms with Gasteiger partial charge in [0.15, 0.2) is 0 Å². The van der Waals surface area contributed by atoms with Crippen LogP contribution in [0.2, 0.25) is 0 Å². The van der Waals surface area contributed by atoms with E-state index in [0.29, 0.717) is 23.6 Å². The van der Waals surface area contributed by atoms with Crippen molar-refractivity contribution in [1.29, 1.82) is 0 Å². The van der Waals surface area contributed by atoms with Crippen molar-refractivity contribution in [3.63, 3.8) is 0 Å². The third-order valence-corrected chi connectivity index (χ3v) is 4.91. The first-order chi connectivity index (χ1) is 13.6. The van der Waals surface area contributed by atoms with E-state index in [1.54, 1.807) is 30.3 Å². The van der Waals surface area contributed by atoms with Crippen molar-refractivity contribution in [3.8, 4) is 5.75 Å². The van der Waals surface area contributed by atoms with E-state index in [0.717, 1.165) is 42.6 Å². The molecular weight excluding hydrogens is 354 g/mol. The molecule has 2 heterocycles. The SMILES string of the molecule is CCOc1ccc2cc(C(=O)Nc3cccc(C(=O)N4CCCC4)c3)[nH]c2c1. The van der Waals surface area contributed by atoms with Crippen LogP contribution in [0, 0.1) is 0 Å². The fourth-order valence-corrected chi connectivity index (χ4v) is 3.52. The van der Waals surface area contributed by atoms with Gasteiger partial charge >= 0.3 is 0 Å². The van der Waals surface area contributed by atoms with Crippen LogP contribution in [0.3, 0.4) is 0 Å². The molecule has 6 heteroatoms. The Morgan fingerprint density at radius 2 is 1.93 bits per heavy atom. The van der Waals surface area contributed by atoms with Gasteiger partial charge in [0, 0.05) is 41.3 Å². The Bertz CT molecular complexity index is 1020. The summed E-state index contributed by atoms with van der Waals surface area (Å²) in [5, 5.41) is 3.81. The molecule has 2 aromatic carbocycles. The maximum Gasteiger partial charge on any atom is 0.272 e. The molecule has 1 saturated heterocycles. The second-order valence-electron chi connectivity index (χ2n) is 6.90. The number of rotatable bonds is 5. The number of hydrogen-bond acceptors (Lipinski definition) is 3. The first-order valence-corrected chi connectivity index (χ1v) is 9.60. The van der Waals surface area contributed by atoms with Crippen molar-refractivity contribution in [1.82, 2.24) is 9.88 Å². The number of likely N-dealkylation sites (tertiary alicyclic amines) is 1. The van der Waals surface area contributed by atoms with Crippen molar-refractivity contribution in [3.05, 3.63) is 59.8 Å². The lowest BCUT2D eigenvalue weighted by atomic mass is 10.1. The lowest BCUT2D eigenvalue weighted by Crippen LogP contribution is -2.27. The number of ether oxygens (including phenoxy) is 1. The number of amides is 2. The number of nitrogens with zero attached hydrogens (tertiary/aromatic N) is 1. The number of fused-ring (bicyclic) bond motifs is 1. The highest BCUT2D eigenvalue weighted by Gasteiger charge is 2.20. The van der Waals surface area contributed by atoms with E-state index in [-0.39, 0.29) is 11.8 Å².